The van der Waals surface area contributed by atoms with Crippen LogP contribution in [0.5, 0.6) is 0 Å². The molecule has 0 saturated heterocycles. The predicted octanol–water partition coefficient (Wildman–Crippen LogP) is 2.36. The second kappa shape index (κ2) is 3.18. The standard InChI is InChI=1S/C11H17NO/c1-9-3-8-13-10(9)11(6-7-12)4-2-5-11/h3,8H,2,4-7,12H2,1H3. The van der Waals surface area contributed by atoms with Gasteiger partial charge in [0, 0.05) is 5.41 Å². The van der Waals surface area contributed by atoms with Gasteiger partial charge in [-0.3, -0.25) is 0 Å². The predicted molar refractivity (Wildman–Crippen MR) is 52.6 cm³/mol. The molecule has 2 N–H and O–H groups in total. The topological polar surface area (TPSA) is 39.2 Å². The Hall–Kier alpha value is -0.760. The average molecular weight is 179 g/mol. The van der Waals surface area contributed by atoms with Gasteiger partial charge < -0.3 is 10.2 Å². The first-order valence-corrected chi connectivity index (χ1v) is 5.03. The van der Waals surface area contributed by atoms with E-state index in [0.29, 0.717) is 5.41 Å². The minimum Gasteiger partial charge on any atom is -0.468 e. The lowest BCUT2D eigenvalue weighted by Gasteiger charge is -2.40. The van der Waals surface area contributed by atoms with E-state index >= 15 is 0 Å². The van der Waals surface area contributed by atoms with Crippen molar-refractivity contribution in [1.82, 2.24) is 0 Å². The van der Waals surface area contributed by atoms with Crippen molar-refractivity contribution in [3.05, 3.63) is 23.7 Å². The van der Waals surface area contributed by atoms with Gasteiger partial charge in [-0.1, -0.05) is 6.42 Å². The van der Waals surface area contributed by atoms with Gasteiger partial charge in [-0.05, 0) is 44.4 Å². The fraction of sp³-hybridized carbons (Fsp3) is 0.636. The Morgan fingerprint density at radius 3 is 2.69 bits per heavy atom. The molecule has 2 rings (SSSR count). The molecule has 1 aliphatic rings. The van der Waals surface area contributed by atoms with Gasteiger partial charge >= 0.3 is 0 Å². The Labute approximate surface area is 79.1 Å². The Bertz CT molecular complexity index is 286. The Morgan fingerprint density at radius 2 is 2.31 bits per heavy atom. The summed E-state index contributed by atoms with van der Waals surface area (Å²) < 4.78 is 5.57. The number of furan rings is 1. The highest BCUT2D eigenvalue weighted by Crippen LogP contribution is 2.47. The molecule has 0 unspecified atom stereocenters. The van der Waals surface area contributed by atoms with Crippen molar-refractivity contribution >= 4 is 0 Å². The van der Waals surface area contributed by atoms with Crippen molar-refractivity contribution in [2.45, 2.75) is 38.0 Å². The highest BCUT2D eigenvalue weighted by atomic mass is 16.3. The van der Waals surface area contributed by atoms with Crippen LogP contribution in [0.2, 0.25) is 0 Å². The molecule has 0 atom stereocenters. The largest absolute Gasteiger partial charge is 0.468 e. The van der Waals surface area contributed by atoms with E-state index in [0.717, 1.165) is 13.0 Å². The average Bonchev–Trinajstić information content (AvgIpc) is 2.44. The summed E-state index contributed by atoms with van der Waals surface area (Å²) in [6.07, 6.45) is 6.68. The van der Waals surface area contributed by atoms with Gasteiger partial charge in [0.1, 0.15) is 5.76 Å². The summed E-state index contributed by atoms with van der Waals surface area (Å²) in [6.45, 7) is 2.88. The zero-order valence-electron chi connectivity index (χ0n) is 8.18. The minimum atomic E-state index is 0.294. The summed E-state index contributed by atoms with van der Waals surface area (Å²) in [7, 11) is 0. The molecule has 1 aromatic rings. The minimum absolute atomic E-state index is 0.294. The number of aryl methyl sites for hydroxylation is 1. The summed E-state index contributed by atoms with van der Waals surface area (Å²) in [4.78, 5) is 0. The van der Waals surface area contributed by atoms with Crippen molar-refractivity contribution in [1.29, 1.82) is 0 Å². The molecule has 1 fully saturated rings. The summed E-state index contributed by atoms with van der Waals surface area (Å²) in [6, 6.07) is 2.05. The van der Waals surface area contributed by atoms with Crippen molar-refractivity contribution in [2.75, 3.05) is 6.54 Å². The molecule has 0 aromatic carbocycles. The first-order chi connectivity index (χ1) is 6.28. The van der Waals surface area contributed by atoms with Crippen molar-refractivity contribution in [3.63, 3.8) is 0 Å². The van der Waals surface area contributed by atoms with Crippen LogP contribution in [0.15, 0.2) is 16.7 Å². The first kappa shape index (κ1) is 8.82. The monoisotopic (exact) mass is 179 g/mol. The van der Waals surface area contributed by atoms with E-state index in [9.17, 15) is 0 Å². The van der Waals surface area contributed by atoms with Crippen LogP contribution in [0.4, 0.5) is 0 Å². The SMILES string of the molecule is Cc1ccoc1C1(CCN)CCC1. The van der Waals surface area contributed by atoms with Crippen LogP contribution in [-0.2, 0) is 5.41 Å². The lowest BCUT2D eigenvalue weighted by Crippen LogP contribution is -2.36. The maximum atomic E-state index is 5.64. The van der Waals surface area contributed by atoms with Crippen LogP contribution in [-0.4, -0.2) is 6.54 Å². The quantitative estimate of drug-likeness (QED) is 0.773. The van der Waals surface area contributed by atoms with E-state index in [1.807, 2.05) is 6.07 Å². The molecular weight excluding hydrogens is 162 g/mol. The van der Waals surface area contributed by atoms with E-state index < -0.39 is 0 Å². The number of hydrogen-bond donors (Lipinski definition) is 1. The molecule has 1 aromatic heterocycles. The summed E-state index contributed by atoms with van der Waals surface area (Å²) >= 11 is 0. The molecule has 0 spiro atoms. The highest BCUT2D eigenvalue weighted by Gasteiger charge is 2.41. The van der Waals surface area contributed by atoms with Crippen LogP contribution in [0.3, 0.4) is 0 Å². The van der Waals surface area contributed by atoms with Gasteiger partial charge in [0.25, 0.3) is 0 Å². The maximum absolute atomic E-state index is 5.64. The third-order valence-electron chi connectivity index (χ3n) is 3.28. The molecule has 0 bridgehead atoms. The van der Waals surface area contributed by atoms with Gasteiger partial charge in [0.05, 0.1) is 6.26 Å². The van der Waals surface area contributed by atoms with E-state index in [1.165, 1.54) is 30.6 Å². The van der Waals surface area contributed by atoms with Crippen LogP contribution >= 0.6 is 0 Å². The van der Waals surface area contributed by atoms with E-state index in [1.54, 1.807) is 6.26 Å². The molecule has 0 aliphatic heterocycles. The Kier molecular flexibility index (Phi) is 2.16. The summed E-state index contributed by atoms with van der Waals surface area (Å²) in [5.41, 5.74) is 7.22. The van der Waals surface area contributed by atoms with Crippen molar-refractivity contribution in [3.8, 4) is 0 Å². The lowest BCUT2D eigenvalue weighted by molar-refractivity contribution is 0.187. The van der Waals surface area contributed by atoms with Gasteiger partial charge in [0.2, 0.25) is 0 Å². The fourth-order valence-corrected chi connectivity index (χ4v) is 2.39. The Morgan fingerprint density at radius 1 is 1.54 bits per heavy atom. The van der Waals surface area contributed by atoms with Crippen LogP contribution < -0.4 is 5.73 Å². The molecule has 1 saturated carbocycles. The highest BCUT2D eigenvalue weighted by molar-refractivity contribution is 5.26. The lowest BCUT2D eigenvalue weighted by atomic mass is 9.64. The number of rotatable bonds is 3. The maximum Gasteiger partial charge on any atom is 0.112 e. The normalized spacial score (nSPS) is 19.8. The van der Waals surface area contributed by atoms with Crippen molar-refractivity contribution in [2.24, 2.45) is 5.73 Å². The van der Waals surface area contributed by atoms with Crippen LogP contribution in [0.25, 0.3) is 0 Å². The molecular formula is C11H17NO. The first-order valence-electron chi connectivity index (χ1n) is 5.03. The zero-order chi connectivity index (χ0) is 9.31. The van der Waals surface area contributed by atoms with E-state index in [4.69, 9.17) is 10.2 Å². The smallest absolute Gasteiger partial charge is 0.112 e. The molecule has 2 heteroatoms. The molecule has 1 heterocycles. The molecule has 2 nitrogen and oxygen atoms in total. The fourth-order valence-electron chi connectivity index (χ4n) is 2.39. The van der Waals surface area contributed by atoms with Gasteiger partial charge in [-0.15, -0.1) is 0 Å². The van der Waals surface area contributed by atoms with Crippen molar-refractivity contribution < 1.29 is 4.42 Å². The van der Waals surface area contributed by atoms with Gasteiger partial charge in [-0.25, -0.2) is 0 Å². The molecule has 1 aliphatic carbocycles. The number of nitrogens with two attached hydrogens (primary N) is 1. The summed E-state index contributed by atoms with van der Waals surface area (Å²) in [5.74, 6) is 1.18. The van der Waals surface area contributed by atoms with Gasteiger partial charge in [-0.2, -0.15) is 0 Å². The number of hydrogen-bond acceptors (Lipinski definition) is 2. The van der Waals surface area contributed by atoms with E-state index in [2.05, 4.69) is 6.92 Å². The van der Waals surface area contributed by atoms with Gasteiger partial charge in [0.15, 0.2) is 0 Å². The van der Waals surface area contributed by atoms with Crippen LogP contribution in [0, 0.1) is 6.92 Å². The third-order valence-corrected chi connectivity index (χ3v) is 3.28. The molecule has 0 radical (unpaired) electrons. The third kappa shape index (κ3) is 1.29. The second-order valence-electron chi connectivity index (χ2n) is 4.11. The van der Waals surface area contributed by atoms with E-state index in [-0.39, 0.29) is 0 Å². The van der Waals surface area contributed by atoms with Crippen LogP contribution in [0.1, 0.15) is 37.0 Å². The summed E-state index contributed by atoms with van der Waals surface area (Å²) in [5, 5.41) is 0. The second-order valence-corrected chi connectivity index (χ2v) is 4.11. The molecule has 0 amide bonds. The Balaban J connectivity index is 2.26. The molecule has 13 heavy (non-hydrogen) atoms. The molecule has 72 valence electrons. The zero-order valence-corrected chi connectivity index (χ0v) is 8.18.